The second kappa shape index (κ2) is 2.47. The fourth-order valence-corrected chi connectivity index (χ4v) is 2.16. The van der Waals surface area contributed by atoms with E-state index in [2.05, 4.69) is 0 Å². The first-order valence-electron chi connectivity index (χ1n) is 4.22. The average Bonchev–Trinajstić information content (AvgIpc) is 2.01. The van der Waals surface area contributed by atoms with Crippen molar-refractivity contribution in [2.24, 2.45) is 5.92 Å². The number of amides is 1. The topological polar surface area (TPSA) is 57.6 Å². The zero-order valence-corrected chi connectivity index (χ0v) is 6.69. The summed E-state index contributed by atoms with van der Waals surface area (Å²) in [5.74, 6) is 0.421. The van der Waals surface area contributed by atoms with Gasteiger partial charge in [0.25, 0.3) is 0 Å². The highest BCUT2D eigenvalue weighted by Gasteiger charge is 2.47. The molecule has 1 saturated carbocycles. The lowest BCUT2D eigenvalue weighted by molar-refractivity contribution is -0.138. The van der Waals surface area contributed by atoms with Crippen LogP contribution >= 0.6 is 0 Å². The number of nitrogens with zero attached hydrogens (tertiary/aromatic N) is 1. The maximum atomic E-state index is 11.1. The van der Waals surface area contributed by atoms with Crippen molar-refractivity contribution in [1.29, 1.82) is 0 Å². The largest absolute Gasteiger partial charge is 0.465 e. The van der Waals surface area contributed by atoms with Gasteiger partial charge in [-0.1, -0.05) is 0 Å². The molecule has 12 heavy (non-hydrogen) atoms. The Morgan fingerprint density at radius 1 is 1.58 bits per heavy atom. The Labute approximate surface area is 70.2 Å². The van der Waals surface area contributed by atoms with Crippen molar-refractivity contribution >= 4 is 11.9 Å². The van der Waals surface area contributed by atoms with Crippen molar-refractivity contribution in [1.82, 2.24) is 4.90 Å². The zero-order valence-electron chi connectivity index (χ0n) is 6.69. The van der Waals surface area contributed by atoms with Crippen molar-refractivity contribution in [3.8, 4) is 0 Å². The normalized spacial score (nSPS) is 34.0. The molecule has 0 aromatic rings. The second-order valence-corrected chi connectivity index (χ2v) is 3.49. The van der Waals surface area contributed by atoms with Crippen LogP contribution in [-0.4, -0.2) is 34.5 Å². The number of piperidine rings is 1. The smallest absolute Gasteiger partial charge is 0.407 e. The molecule has 4 heteroatoms. The summed E-state index contributed by atoms with van der Waals surface area (Å²) in [6.45, 7) is 0.530. The van der Waals surface area contributed by atoms with E-state index in [0.717, 1.165) is 12.8 Å². The van der Waals surface area contributed by atoms with Crippen LogP contribution in [0.5, 0.6) is 0 Å². The van der Waals surface area contributed by atoms with Gasteiger partial charge in [-0.2, -0.15) is 0 Å². The number of carbonyl (C=O) groups excluding carboxylic acids is 1. The van der Waals surface area contributed by atoms with Crippen LogP contribution in [0.15, 0.2) is 0 Å². The minimum atomic E-state index is -0.947. The molecule has 4 nitrogen and oxygen atoms in total. The van der Waals surface area contributed by atoms with Crippen LogP contribution in [0.1, 0.15) is 19.3 Å². The number of fused-ring (bicyclic) bond motifs is 1. The lowest BCUT2D eigenvalue weighted by atomic mass is 9.72. The number of Topliss-reactive ketones (excluding diaryl/α,β-unsaturated/α-hetero) is 1. The molecule has 2 rings (SSSR count). The van der Waals surface area contributed by atoms with E-state index in [1.54, 1.807) is 0 Å². The van der Waals surface area contributed by atoms with Crippen molar-refractivity contribution in [2.75, 3.05) is 6.54 Å². The molecule has 1 heterocycles. The first-order chi connectivity index (χ1) is 5.70. The third kappa shape index (κ3) is 0.906. The van der Waals surface area contributed by atoms with E-state index in [9.17, 15) is 9.59 Å². The lowest BCUT2D eigenvalue weighted by Gasteiger charge is -2.45. The van der Waals surface area contributed by atoms with Crippen LogP contribution in [0.4, 0.5) is 4.79 Å². The van der Waals surface area contributed by atoms with Gasteiger partial charge in [0.1, 0.15) is 0 Å². The summed E-state index contributed by atoms with van der Waals surface area (Å²) >= 11 is 0. The minimum absolute atomic E-state index is 0.0992. The average molecular weight is 169 g/mol. The molecule has 1 saturated heterocycles. The summed E-state index contributed by atoms with van der Waals surface area (Å²) in [6.07, 6.45) is 1.56. The summed E-state index contributed by atoms with van der Waals surface area (Å²) in [4.78, 5) is 23.0. The number of rotatable bonds is 0. The molecule has 0 unspecified atom stereocenters. The summed E-state index contributed by atoms with van der Waals surface area (Å²) in [5, 5.41) is 8.75. The molecule has 1 aliphatic heterocycles. The number of carbonyl (C=O) groups is 2. The number of ketones is 1. The lowest BCUT2D eigenvalue weighted by Crippen LogP contribution is -2.59. The fourth-order valence-electron chi connectivity index (χ4n) is 2.16. The molecular weight excluding hydrogens is 158 g/mol. The van der Waals surface area contributed by atoms with Crippen LogP contribution < -0.4 is 0 Å². The minimum Gasteiger partial charge on any atom is -0.465 e. The highest BCUT2D eigenvalue weighted by molar-refractivity contribution is 5.93. The van der Waals surface area contributed by atoms with E-state index in [-0.39, 0.29) is 11.8 Å². The third-order valence-electron chi connectivity index (χ3n) is 2.80. The van der Waals surface area contributed by atoms with Crippen LogP contribution in [0.25, 0.3) is 0 Å². The Balaban J connectivity index is 2.12. The maximum absolute atomic E-state index is 11.1. The second-order valence-electron chi connectivity index (χ2n) is 3.49. The van der Waals surface area contributed by atoms with Crippen LogP contribution in [-0.2, 0) is 4.79 Å². The molecule has 2 atom stereocenters. The molecule has 0 aromatic heterocycles. The summed E-state index contributed by atoms with van der Waals surface area (Å²) in [6, 6.07) is -0.295. The van der Waals surface area contributed by atoms with Crippen molar-refractivity contribution < 1.29 is 14.7 Å². The molecule has 2 fully saturated rings. The van der Waals surface area contributed by atoms with Gasteiger partial charge in [-0.05, 0) is 18.8 Å². The molecule has 0 spiro atoms. The number of hydrogen-bond donors (Lipinski definition) is 1. The van der Waals surface area contributed by atoms with E-state index >= 15 is 0 Å². The summed E-state index contributed by atoms with van der Waals surface area (Å²) in [5.41, 5.74) is 0. The third-order valence-corrected chi connectivity index (χ3v) is 2.80. The quantitative estimate of drug-likeness (QED) is 0.581. The van der Waals surface area contributed by atoms with Gasteiger partial charge >= 0.3 is 6.09 Å². The van der Waals surface area contributed by atoms with Gasteiger partial charge in [-0.15, -0.1) is 0 Å². The molecule has 0 bridgehead atoms. The monoisotopic (exact) mass is 169 g/mol. The van der Waals surface area contributed by atoms with Crippen LogP contribution in [0, 0.1) is 5.92 Å². The molecule has 1 N–H and O–H groups in total. The molecule has 2 aliphatic rings. The highest BCUT2D eigenvalue weighted by Crippen LogP contribution is 2.36. The first kappa shape index (κ1) is 7.58. The molecule has 1 aliphatic carbocycles. The van der Waals surface area contributed by atoms with E-state index in [1.165, 1.54) is 4.90 Å². The fraction of sp³-hybridized carbons (Fsp3) is 0.750. The van der Waals surface area contributed by atoms with Crippen molar-refractivity contribution in [2.45, 2.75) is 25.3 Å². The summed E-state index contributed by atoms with van der Waals surface area (Å²) in [7, 11) is 0. The first-order valence-corrected chi connectivity index (χ1v) is 4.22. The van der Waals surface area contributed by atoms with E-state index in [4.69, 9.17) is 5.11 Å². The number of hydrogen-bond acceptors (Lipinski definition) is 2. The molecule has 1 amide bonds. The van der Waals surface area contributed by atoms with Gasteiger partial charge in [0.05, 0.1) is 6.04 Å². The van der Waals surface area contributed by atoms with Gasteiger partial charge in [0.2, 0.25) is 0 Å². The van der Waals surface area contributed by atoms with Crippen LogP contribution in [0.2, 0.25) is 0 Å². The van der Waals surface area contributed by atoms with E-state index < -0.39 is 6.09 Å². The zero-order chi connectivity index (χ0) is 8.72. The molecule has 66 valence electrons. The van der Waals surface area contributed by atoms with Gasteiger partial charge in [0, 0.05) is 13.0 Å². The molecule has 0 radical (unpaired) electrons. The Morgan fingerprint density at radius 2 is 2.33 bits per heavy atom. The molecular formula is C8H11NO3. The predicted molar refractivity (Wildman–Crippen MR) is 40.9 cm³/mol. The summed E-state index contributed by atoms with van der Waals surface area (Å²) < 4.78 is 0. The van der Waals surface area contributed by atoms with Gasteiger partial charge < -0.3 is 5.11 Å². The van der Waals surface area contributed by atoms with Crippen molar-refractivity contribution in [3.63, 3.8) is 0 Å². The Hall–Kier alpha value is -1.06. The SMILES string of the molecule is O=C1C[C@H]2CCCN(C(=O)O)[C@@H]12. The highest BCUT2D eigenvalue weighted by atomic mass is 16.4. The van der Waals surface area contributed by atoms with E-state index in [0.29, 0.717) is 18.9 Å². The van der Waals surface area contributed by atoms with Gasteiger partial charge in [-0.25, -0.2) is 4.79 Å². The van der Waals surface area contributed by atoms with Crippen molar-refractivity contribution in [3.05, 3.63) is 0 Å². The Bertz CT molecular complexity index is 230. The Kier molecular flexibility index (Phi) is 1.56. The Morgan fingerprint density at radius 3 is 2.83 bits per heavy atom. The standard InChI is InChI=1S/C8H11NO3/c10-6-4-5-2-1-3-9(7(5)6)8(11)12/h5,7H,1-4H2,(H,11,12)/t5-,7-/m1/s1. The number of likely N-dealkylation sites (tertiary alicyclic amines) is 1. The van der Waals surface area contributed by atoms with Crippen LogP contribution in [0.3, 0.4) is 0 Å². The van der Waals surface area contributed by atoms with Gasteiger partial charge in [-0.3, -0.25) is 9.69 Å². The maximum Gasteiger partial charge on any atom is 0.407 e. The van der Waals surface area contributed by atoms with Gasteiger partial charge in [0.15, 0.2) is 5.78 Å². The predicted octanol–water partition coefficient (Wildman–Crippen LogP) is 0.718. The molecule has 0 aromatic carbocycles. The number of carboxylic acid groups (broad SMARTS) is 1. The van der Waals surface area contributed by atoms with E-state index in [1.807, 2.05) is 0 Å².